The van der Waals surface area contributed by atoms with Crippen LogP contribution in [0.3, 0.4) is 0 Å². The molecule has 0 N–H and O–H groups in total. The van der Waals surface area contributed by atoms with Crippen molar-refractivity contribution in [2.45, 2.75) is 43.4 Å². The number of pyridine rings is 1. The molecule has 0 spiro atoms. The average Bonchev–Trinajstić information content (AvgIpc) is 3.60. The number of ether oxygens (including phenoxy) is 1. The smallest absolute Gasteiger partial charge is 0.319 e. The number of aromatic nitrogens is 3. The highest BCUT2D eigenvalue weighted by Gasteiger charge is 2.49. The summed E-state index contributed by atoms with van der Waals surface area (Å²) in [7, 11) is 0. The number of carbonyl (C=O) groups excluding carboxylic acids is 1. The van der Waals surface area contributed by atoms with E-state index in [1.165, 1.54) is 17.2 Å². The number of carbonyl (C=O) groups is 1. The van der Waals surface area contributed by atoms with Crippen molar-refractivity contribution >= 4 is 45.0 Å². The Labute approximate surface area is 278 Å². The molecule has 1 amide bonds. The zero-order chi connectivity index (χ0) is 33.7. The third-order valence-electron chi connectivity index (χ3n) is 9.67. The molecule has 3 saturated heterocycles. The Morgan fingerprint density at radius 2 is 2.00 bits per heavy atom. The first-order valence-corrected chi connectivity index (χ1v) is 16.0. The molecule has 3 aliphatic heterocycles. The lowest BCUT2D eigenvalue weighted by Crippen LogP contribution is -2.55. The predicted octanol–water partition coefficient (Wildman–Crippen LogP) is 6.15. The molecule has 3 atom stereocenters. The van der Waals surface area contributed by atoms with Crippen LogP contribution < -0.4 is 9.64 Å². The maximum atomic E-state index is 16.7. The second-order valence-corrected chi connectivity index (χ2v) is 12.9. The standard InChI is InChI=1S/C34H30ClF4N7O2/c1-19(36)32(47)46-13-12-44(17-22(46)8-10-40)31-24-15-41-29(23-5-2-4-20-6-7-25(38)27(35)26(20)23)28(39)30(24)42-33(43-31)48-18-34-9-3-11-45(34)16-21(37)14-34/h2,4-7,15,21-22H,1,3,8-9,11-14,16-18H2/t21-,22+,34+/m1/s1. The van der Waals surface area contributed by atoms with E-state index in [2.05, 4.69) is 26.4 Å². The fraction of sp³-hybridized carbons (Fsp3) is 0.382. The second kappa shape index (κ2) is 12.5. The average molecular weight is 680 g/mol. The normalized spacial score (nSPS) is 22.7. The topological polar surface area (TPSA) is 98.5 Å². The van der Waals surface area contributed by atoms with Crippen molar-refractivity contribution in [1.29, 1.82) is 5.26 Å². The van der Waals surface area contributed by atoms with E-state index in [1.807, 2.05) is 6.07 Å². The Balaban J connectivity index is 1.34. The summed E-state index contributed by atoms with van der Waals surface area (Å²) in [4.78, 5) is 31.2. The first kappa shape index (κ1) is 32.0. The maximum absolute atomic E-state index is 16.7. The van der Waals surface area contributed by atoms with Gasteiger partial charge in [0.1, 0.15) is 35.6 Å². The van der Waals surface area contributed by atoms with E-state index in [-0.39, 0.29) is 77.1 Å². The van der Waals surface area contributed by atoms with Crippen LogP contribution in [-0.4, -0.2) is 87.7 Å². The minimum atomic E-state index is -1.13. The van der Waals surface area contributed by atoms with Crippen LogP contribution in [0.2, 0.25) is 5.02 Å². The van der Waals surface area contributed by atoms with Gasteiger partial charge in [-0.15, -0.1) is 0 Å². The summed E-state index contributed by atoms with van der Waals surface area (Å²) in [6.07, 6.45) is 2.26. The van der Waals surface area contributed by atoms with Crippen molar-refractivity contribution in [2.75, 3.05) is 44.2 Å². The molecule has 248 valence electrons. The molecule has 9 nitrogen and oxygen atoms in total. The van der Waals surface area contributed by atoms with E-state index in [0.717, 1.165) is 19.4 Å². The largest absolute Gasteiger partial charge is 0.461 e. The van der Waals surface area contributed by atoms with Gasteiger partial charge in [-0.1, -0.05) is 42.4 Å². The third kappa shape index (κ3) is 5.46. The Bertz CT molecular complexity index is 2010. The maximum Gasteiger partial charge on any atom is 0.319 e. The highest BCUT2D eigenvalue weighted by molar-refractivity contribution is 6.36. The van der Waals surface area contributed by atoms with Crippen LogP contribution in [0.25, 0.3) is 32.9 Å². The van der Waals surface area contributed by atoms with Crippen molar-refractivity contribution in [1.82, 2.24) is 24.8 Å². The molecular weight excluding hydrogens is 650 g/mol. The molecule has 3 fully saturated rings. The third-order valence-corrected chi connectivity index (χ3v) is 10.0. The van der Waals surface area contributed by atoms with Crippen LogP contribution in [0.15, 0.2) is 48.9 Å². The quantitative estimate of drug-likeness (QED) is 0.170. The summed E-state index contributed by atoms with van der Waals surface area (Å²) < 4.78 is 65.8. The molecule has 5 heterocycles. The molecule has 2 aromatic heterocycles. The summed E-state index contributed by atoms with van der Waals surface area (Å²) in [5, 5.41) is 10.4. The van der Waals surface area contributed by atoms with Gasteiger partial charge in [0.25, 0.3) is 5.91 Å². The molecule has 2 aromatic carbocycles. The lowest BCUT2D eigenvalue weighted by Gasteiger charge is -2.41. The summed E-state index contributed by atoms with van der Waals surface area (Å²) in [6, 6.07) is 8.96. The molecule has 0 radical (unpaired) electrons. The van der Waals surface area contributed by atoms with Gasteiger partial charge in [-0.05, 0) is 30.8 Å². The highest BCUT2D eigenvalue weighted by atomic mass is 35.5. The van der Waals surface area contributed by atoms with E-state index in [0.29, 0.717) is 18.4 Å². The molecule has 0 bridgehead atoms. The lowest BCUT2D eigenvalue weighted by molar-refractivity contribution is -0.131. The van der Waals surface area contributed by atoms with Gasteiger partial charge < -0.3 is 14.5 Å². The van der Waals surface area contributed by atoms with Crippen LogP contribution in [0.1, 0.15) is 25.7 Å². The highest BCUT2D eigenvalue weighted by Crippen LogP contribution is 2.41. The molecule has 7 rings (SSSR count). The van der Waals surface area contributed by atoms with Gasteiger partial charge in [-0.25, -0.2) is 17.6 Å². The van der Waals surface area contributed by atoms with Gasteiger partial charge in [0.15, 0.2) is 11.6 Å². The number of halogens is 5. The van der Waals surface area contributed by atoms with Gasteiger partial charge in [-0.2, -0.15) is 15.2 Å². The van der Waals surface area contributed by atoms with E-state index in [9.17, 15) is 23.2 Å². The van der Waals surface area contributed by atoms with E-state index < -0.39 is 41.1 Å². The predicted molar refractivity (Wildman–Crippen MR) is 172 cm³/mol. The number of hydrogen-bond donors (Lipinski definition) is 0. The molecule has 14 heteroatoms. The Morgan fingerprint density at radius 1 is 1.17 bits per heavy atom. The Morgan fingerprint density at radius 3 is 2.79 bits per heavy atom. The van der Waals surface area contributed by atoms with Crippen molar-refractivity contribution in [2.24, 2.45) is 0 Å². The Kier molecular flexibility index (Phi) is 8.33. The first-order valence-electron chi connectivity index (χ1n) is 15.6. The molecule has 48 heavy (non-hydrogen) atoms. The molecule has 0 unspecified atom stereocenters. The van der Waals surface area contributed by atoms with Crippen molar-refractivity contribution in [3.8, 4) is 23.3 Å². The zero-order valence-electron chi connectivity index (χ0n) is 25.7. The molecule has 0 saturated carbocycles. The Hall–Kier alpha value is -4.54. The number of piperazine rings is 1. The van der Waals surface area contributed by atoms with Gasteiger partial charge in [0.05, 0.1) is 34.5 Å². The number of fused-ring (bicyclic) bond motifs is 3. The van der Waals surface area contributed by atoms with Crippen molar-refractivity contribution in [3.05, 3.63) is 65.6 Å². The molecule has 3 aliphatic rings. The SMILES string of the molecule is C=C(F)C(=O)N1CCN(c2nc(OC[C@@]34CCCN3C[C@H](F)C4)nc3c(F)c(-c4cccc5ccc(F)c(Cl)c45)ncc23)C[C@@H]1CC#N. The number of anilines is 1. The number of rotatable bonds is 7. The van der Waals surface area contributed by atoms with Crippen LogP contribution >= 0.6 is 11.6 Å². The van der Waals surface area contributed by atoms with E-state index in [4.69, 9.17) is 16.3 Å². The number of nitrogens with zero attached hydrogens (tertiary/aromatic N) is 7. The van der Waals surface area contributed by atoms with Gasteiger partial charge in [0.2, 0.25) is 0 Å². The lowest BCUT2D eigenvalue weighted by atomic mass is 9.95. The number of amides is 1. The van der Waals surface area contributed by atoms with Crippen LogP contribution in [0.5, 0.6) is 6.01 Å². The summed E-state index contributed by atoms with van der Waals surface area (Å²) >= 11 is 6.37. The van der Waals surface area contributed by atoms with Gasteiger partial charge >= 0.3 is 6.01 Å². The van der Waals surface area contributed by atoms with Gasteiger partial charge in [-0.3, -0.25) is 14.7 Å². The molecular formula is C34H30ClF4N7O2. The number of benzene rings is 2. The first-order chi connectivity index (χ1) is 23.1. The fourth-order valence-corrected chi connectivity index (χ4v) is 7.69. The minimum absolute atomic E-state index is 0.0415. The second-order valence-electron chi connectivity index (χ2n) is 12.5. The molecule has 4 aromatic rings. The van der Waals surface area contributed by atoms with Crippen molar-refractivity contribution in [3.63, 3.8) is 0 Å². The van der Waals surface area contributed by atoms with E-state index in [1.54, 1.807) is 29.2 Å². The number of hydrogen-bond acceptors (Lipinski definition) is 8. The zero-order valence-corrected chi connectivity index (χ0v) is 26.5. The van der Waals surface area contributed by atoms with E-state index >= 15 is 4.39 Å². The minimum Gasteiger partial charge on any atom is -0.461 e. The van der Waals surface area contributed by atoms with Crippen LogP contribution in [0, 0.1) is 23.0 Å². The van der Waals surface area contributed by atoms with Crippen LogP contribution in [0.4, 0.5) is 23.4 Å². The summed E-state index contributed by atoms with van der Waals surface area (Å²) in [6.45, 7) is 4.54. The summed E-state index contributed by atoms with van der Waals surface area (Å²) in [5.41, 5.74) is -0.519. The monoisotopic (exact) mass is 679 g/mol. The molecule has 0 aliphatic carbocycles. The number of nitriles is 1. The number of alkyl halides is 1. The summed E-state index contributed by atoms with van der Waals surface area (Å²) in [5.74, 6) is -3.29. The fourth-order valence-electron chi connectivity index (χ4n) is 7.42. The van der Waals surface area contributed by atoms with Crippen LogP contribution in [-0.2, 0) is 4.79 Å². The van der Waals surface area contributed by atoms with Crippen molar-refractivity contribution < 1.29 is 27.1 Å². The van der Waals surface area contributed by atoms with Gasteiger partial charge in [0, 0.05) is 49.7 Å².